The van der Waals surface area contributed by atoms with Crippen LogP contribution in [0.15, 0.2) is 36.4 Å². The van der Waals surface area contributed by atoms with Crippen molar-refractivity contribution in [2.45, 2.75) is 12.7 Å². The highest BCUT2D eigenvalue weighted by Crippen LogP contribution is 2.22. The van der Waals surface area contributed by atoms with Gasteiger partial charge in [-0.1, -0.05) is 30.3 Å². The van der Waals surface area contributed by atoms with Gasteiger partial charge in [0.2, 0.25) is 9.05 Å². The van der Waals surface area contributed by atoms with E-state index in [4.69, 9.17) is 10.7 Å². The fourth-order valence-electron chi connectivity index (χ4n) is 1.92. The molecule has 2 aromatic carbocycles. The number of Topliss-reactive ketones (excluding diaryl/α,β-unsaturated/α-hetero) is 1. The zero-order valence-corrected chi connectivity index (χ0v) is 11.3. The van der Waals surface area contributed by atoms with Gasteiger partial charge in [0.15, 0.2) is 5.78 Å². The molecule has 3 nitrogen and oxygen atoms in total. The molecule has 0 aromatic heterocycles. The van der Waals surface area contributed by atoms with Crippen molar-refractivity contribution in [3.8, 4) is 0 Å². The van der Waals surface area contributed by atoms with Crippen LogP contribution in [0.3, 0.4) is 0 Å². The Bertz CT molecular complexity index is 720. The number of benzene rings is 2. The van der Waals surface area contributed by atoms with Crippen LogP contribution in [0.1, 0.15) is 22.8 Å². The van der Waals surface area contributed by atoms with Crippen molar-refractivity contribution < 1.29 is 13.2 Å². The molecule has 2 rings (SSSR count). The van der Waals surface area contributed by atoms with Gasteiger partial charge in [-0.25, -0.2) is 8.42 Å². The predicted octanol–water partition coefficient (Wildman–Crippen LogP) is 3.11. The summed E-state index contributed by atoms with van der Waals surface area (Å²) in [5, 5.41) is 1.65. The molecule has 0 bridgehead atoms. The first kappa shape index (κ1) is 13.1. The van der Waals surface area contributed by atoms with Crippen molar-refractivity contribution in [1.82, 2.24) is 0 Å². The van der Waals surface area contributed by atoms with Crippen molar-refractivity contribution in [1.29, 1.82) is 0 Å². The summed E-state index contributed by atoms with van der Waals surface area (Å²) in [5.41, 5.74) is 1.16. The van der Waals surface area contributed by atoms with E-state index in [1.807, 2.05) is 6.07 Å². The predicted molar refractivity (Wildman–Crippen MR) is 72.4 cm³/mol. The van der Waals surface area contributed by atoms with E-state index >= 15 is 0 Å². The van der Waals surface area contributed by atoms with E-state index < -0.39 is 9.05 Å². The minimum Gasteiger partial charge on any atom is -0.294 e. The van der Waals surface area contributed by atoms with Crippen LogP contribution in [0, 0.1) is 0 Å². The number of halogens is 1. The number of rotatable bonds is 3. The summed E-state index contributed by atoms with van der Waals surface area (Å²) in [6, 6.07) is 10.6. The van der Waals surface area contributed by atoms with Crippen LogP contribution in [0.25, 0.3) is 10.8 Å². The van der Waals surface area contributed by atoms with E-state index in [1.54, 1.807) is 30.3 Å². The number of carbonyl (C=O) groups excluding carboxylic acids is 1. The molecule has 0 amide bonds. The second-order valence-electron chi connectivity index (χ2n) is 4.10. The third-order valence-electron chi connectivity index (χ3n) is 2.66. The van der Waals surface area contributed by atoms with E-state index in [9.17, 15) is 13.2 Å². The zero-order valence-electron chi connectivity index (χ0n) is 9.68. The number of fused-ring (bicyclic) bond motifs is 1. The van der Waals surface area contributed by atoms with Crippen molar-refractivity contribution in [3.63, 3.8) is 0 Å². The molecule has 2 aromatic rings. The molecule has 0 fully saturated rings. The number of hydrogen-bond donors (Lipinski definition) is 0. The van der Waals surface area contributed by atoms with Crippen LogP contribution in [0.2, 0.25) is 0 Å². The van der Waals surface area contributed by atoms with Crippen LogP contribution in [0.4, 0.5) is 0 Å². The summed E-state index contributed by atoms with van der Waals surface area (Å²) < 4.78 is 22.1. The molecule has 0 unspecified atom stereocenters. The minimum absolute atomic E-state index is 0.0496. The smallest absolute Gasteiger partial charge is 0.236 e. The fourth-order valence-corrected chi connectivity index (χ4v) is 2.87. The summed E-state index contributed by atoms with van der Waals surface area (Å²) in [6.45, 7) is 1.49. The van der Waals surface area contributed by atoms with Gasteiger partial charge in [-0.3, -0.25) is 4.79 Å². The van der Waals surface area contributed by atoms with Gasteiger partial charge in [0.1, 0.15) is 0 Å². The molecule has 18 heavy (non-hydrogen) atoms. The summed E-state index contributed by atoms with van der Waals surface area (Å²) in [6.07, 6.45) is 0. The molecule has 0 aliphatic carbocycles. The lowest BCUT2D eigenvalue weighted by molar-refractivity contribution is 0.101. The largest absolute Gasteiger partial charge is 0.294 e. The lowest BCUT2D eigenvalue weighted by atomic mass is 10.0. The number of hydrogen-bond acceptors (Lipinski definition) is 3. The normalized spacial score (nSPS) is 11.7. The lowest BCUT2D eigenvalue weighted by Crippen LogP contribution is -1.97. The molecule has 0 saturated heterocycles. The third-order valence-corrected chi connectivity index (χ3v) is 3.67. The van der Waals surface area contributed by atoms with Gasteiger partial charge < -0.3 is 0 Å². The van der Waals surface area contributed by atoms with E-state index in [0.29, 0.717) is 11.1 Å². The lowest BCUT2D eigenvalue weighted by Gasteiger charge is -2.05. The second kappa shape index (κ2) is 4.71. The summed E-state index contributed by atoms with van der Waals surface area (Å²) in [4.78, 5) is 11.5. The van der Waals surface area contributed by atoms with Gasteiger partial charge in [-0.15, -0.1) is 0 Å². The third kappa shape index (κ3) is 2.89. The van der Waals surface area contributed by atoms with Gasteiger partial charge >= 0.3 is 0 Å². The molecule has 0 N–H and O–H groups in total. The Morgan fingerprint density at radius 2 is 1.94 bits per heavy atom. The Balaban J connectivity index is 2.62. The van der Waals surface area contributed by atoms with E-state index in [2.05, 4.69) is 0 Å². The van der Waals surface area contributed by atoms with Gasteiger partial charge in [0.25, 0.3) is 0 Å². The quantitative estimate of drug-likeness (QED) is 0.642. The maximum absolute atomic E-state index is 11.5. The average Bonchev–Trinajstić information content (AvgIpc) is 2.25. The highest BCUT2D eigenvalue weighted by Gasteiger charge is 2.10. The topological polar surface area (TPSA) is 51.2 Å². The van der Waals surface area contributed by atoms with Crippen LogP contribution in [-0.2, 0) is 14.8 Å². The van der Waals surface area contributed by atoms with Crippen LogP contribution in [-0.4, -0.2) is 14.2 Å². The monoisotopic (exact) mass is 282 g/mol. The maximum Gasteiger partial charge on any atom is 0.236 e. The Morgan fingerprint density at radius 3 is 2.56 bits per heavy atom. The molecule has 0 saturated carbocycles. The van der Waals surface area contributed by atoms with Crippen LogP contribution < -0.4 is 0 Å². The first-order chi connectivity index (χ1) is 8.37. The summed E-state index contributed by atoms with van der Waals surface area (Å²) in [7, 11) is 1.63. The summed E-state index contributed by atoms with van der Waals surface area (Å²) >= 11 is 0. The Kier molecular flexibility index (Phi) is 3.41. The van der Waals surface area contributed by atoms with Crippen molar-refractivity contribution in [2.75, 3.05) is 0 Å². The van der Waals surface area contributed by atoms with Crippen molar-refractivity contribution >= 4 is 36.3 Å². The van der Waals surface area contributed by atoms with Crippen LogP contribution >= 0.6 is 10.7 Å². The minimum atomic E-state index is -3.59. The van der Waals surface area contributed by atoms with Gasteiger partial charge in [0, 0.05) is 16.2 Å². The number of ketones is 1. The van der Waals surface area contributed by atoms with Crippen molar-refractivity contribution in [2.24, 2.45) is 0 Å². The van der Waals surface area contributed by atoms with E-state index in [-0.39, 0.29) is 11.5 Å². The highest BCUT2D eigenvalue weighted by molar-refractivity contribution is 8.13. The van der Waals surface area contributed by atoms with Gasteiger partial charge in [0.05, 0.1) is 5.75 Å². The average molecular weight is 283 g/mol. The van der Waals surface area contributed by atoms with E-state index in [1.165, 1.54) is 6.92 Å². The van der Waals surface area contributed by atoms with Gasteiger partial charge in [-0.05, 0) is 29.3 Å². The first-order valence-corrected chi connectivity index (χ1v) is 7.79. The molecule has 94 valence electrons. The molecule has 0 radical (unpaired) electrons. The second-order valence-corrected chi connectivity index (χ2v) is 6.88. The molecule has 0 spiro atoms. The molecular formula is C13H11ClO3S. The van der Waals surface area contributed by atoms with E-state index in [0.717, 1.165) is 10.8 Å². The molecule has 0 aliphatic rings. The Hall–Kier alpha value is -1.39. The molecule has 5 heteroatoms. The van der Waals surface area contributed by atoms with Crippen LogP contribution in [0.5, 0.6) is 0 Å². The molecular weight excluding hydrogens is 272 g/mol. The zero-order chi connectivity index (χ0) is 13.3. The molecule has 0 heterocycles. The van der Waals surface area contributed by atoms with Crippen molar-refractivity contribution in [3.05, 3.63) is 47.5 Å². The summed E-state index contributed by atoms with van der Waals surface area (Å²) in [5.74, 6) is -0.289. The number of carbonyl (C=O) groups is 1. The highest BCUT2D eigenvalue weighted by atomic mass is 35.7. The SMILES string of the molecule is CC(=O)c1cccc2ccc(CS(=O)(=O)Cl)cc12. The molecule has 0 atom stereocenters. The standard InChI is InChI=1S/C13H11ClO3S/c1-9(15)12-4-2-3-11-6-5-10(7-13(11)12)8-18(14,16)17/h2-7H,8H2,1H3. The van der Waals surface area contributed by atoms with Gasteiger partial charge in [-0.2, -0.15) is 0 Å². The Morgan fingerprint density at radius 1 is 1.22 bits per heavy atom. The maximum atomic E-state index is 11.5. The fraction of sp³-hybridized carbons (Fsp3) is 0.154. The molecule has 0 aliphatic heterocycles. The first-order valence-electron chi connectivity index (χ1n) is 5.32. The Labute approximate surface area is 110 Å².